The van der Waals surface area contributed by atoms with Gasteiger partial charge < -0.3 is 5.21 Å². The molecular weight excluding hydrogens is 162 g/mol. The monoisotopic (exact) mass is 183 g/mol. The first-order valence-electron chi connectivity index (χ1n) is 5.18. The molecule has 0 saturated heterocycles. The second-order valence-corrected chi connectivity index (χ2v) is 3.29. The molecule has 0 saturated carbocycles. The van der Waals surface area contributed by atoms with Crippen molar-refractivity contribution in [2.45, 2.75) is 51.4 Å². The van der Waals surface area contributed by atoms with Crippen molar-refractivity contribution in [1.29, 1.82) is 0 Å². The molecule has 2 nitrogen and oxygen atoms in total. The Balaban J connectivity index is 2.87. The van der Waals surface area contributed by atoms with Crippen LogP contribution in [0.15, 0.2) is 17.8 Å². The van der Waals surface area contributed by atoms with Crippen LogP contribution in [0, 0.1) is 0 Å². The van der Waals surface area contributed by atoms with E-state index in [1.807, 2.05) is 6.08 Å². The molecule has 13 heavy (non-hydrogen) atoms. The van der Waals surface area contributed by atoms with Crippen molar-refractivity contribution in [3.05, 3.63) is 12.7 Å². The van der Waals surface area contributed by atoms with Gasteiger partial charge in [-0.2, -0.15) is 0 Å². The molecule has 0 aliphatic carbocycles. The normalized spacial score (nSPS) is 10.8. The fourth-order valence-corrected chi connectivity index (χ4v) is 1.29. The Bertz CT molecular complexity index is 132. The molecule has 0 atom stereocenters. The second-order valence-electron chi connectivity index (χ2n) is 3.29. The number of rotatable bonds is 9. The zero-order valence-electron chi connectivity index (χ0n) is 8.41. The molecule has 76 valence electrons. The minimum atomic E-state index is 0.906. The molecule has 0 heterocycles. The first-order chi connectivity index (χ1) is 6.41. The third-order valence-electron chi connectivity index (χ3n) is 2.07. The van der Waals surface area contributed by atoms with Crippen LogP contribution in [0.25, 0.3) is 0 Å². The molecule has 0 aromatic heterocycles. The highest BCUT2D eigenvalue weighted by molar-refractivity contribution is 5.55. The topological polar surface area (TPSA) is 32.6 Å². The average Bonchev–Trinajstić information content (AvgIpc) is 2.16. The number of oxime groups is 1. The van der Waals surface area contributed by atoms with E-state index < -0.39 is 0 Å². The van der Waals surface area contributed by atoms with E-state index in [9.17, 15) is 0 Å². The summed E-state index contributed by atoms with van der Waals surface area (Å²) in [5, 5.41) is 11.1. The van der Waals surface area contributed by atoms with E-state index in [2.05, 4.69) is 11.7 Å². The van der Waals surface area contributed by atoms with Crippen molar-refractivity contribution in [2.24, 2.45) is 5.16 Å². The van der Waals surface area contributed by atoms with Crippen LogP contribution in [-0.2, 0) is 0 Å². The molecule has 0 rings (SSSR count). The summed E-state index contributed by atoms with van der Waals surface area (Å²) in [6.07, 6.45) is 13.2. The van der Waals surface area contributed by atoms with Crippen molar-refractivity contribution < 1.29 is 5.21 Å². The van der Waals surface area contributed by atoms with E-state index in [1.54, 1.807) is 6.21 Å². The molecule has 1 N–H and O–H groups in total. The van der Waals surface area contributed by atoms with Crippen LogP contribution < -0.4 is 0 Å². The van der Waals surface area contributed by atoms with Gasteiger partial charge in [-0.15, -0.1) is 11.7 Å². The SMILES string of the molecule is C=CCCCCCCCCC=NO. The largest absolute Gasteiger partial charge is 0.411 e. The molecule has 0 aliphatic rings. The van der Waals surface area contributed by atoms with E-state index in [4.69, 9.17) is 5.21 Å². The maximum absolute atomic E-state index is 8.13. The van der Waals surface area contributed by atoms with E-state index in [1.165, 1.54) is 32.1 Å². The van der Waals surface area contributed by atoms with Crippen molar-refractivity contribution in [2.75, 3.05) is 0 Å². The Morgan fingerprint density at radius 2 is 1.46 bits per heavy atom. The summed E-state index contributed by atoms with van der Waals surface area (Å²) >= 11 is 0. The lowest BCUT2D eigenvalue weighted by molar-refractivity contribution is 0.320. The molecule has 0 aromatic rings. The predicted molar refractivity (Wildman–Crippen MR) is 57.4 cm³/mol. The fourth-order valence-electron chi connectivity index (χ4n) is 1.29. The van der Waals surface area contributed by atoms with Gasteiger partial charge in [0.05, 0.1) is 0 Å². The summed E-state index contributed by atoms with van der Waals surface area (Å²) in [5.74, 6) is 0. The van der Waals surface area contributed by atoms with Crippen molar-refractivity contribution in [1.82, 2.24) is 0 Å². The molecule has 0 unspecified atom stereocenters. The zero-order chi connectivity index (χ0) is 9.78. The summed E-state index contributed by atoms with van der Waals surface area (Å²) in [7, 11) is 0. The number of hydrogen-bond donors (Lipinski definition) is 1. The van der Waals surface area contributed by atoms with Gasteiger partial charge in [-0.05, 0) is 25.7 Å². The highest BCUT2D eigenvalue weighted by Gasteiger charge is 1.89. The Morgan fingerprint density at radius 1 is 0.923 bits per heavy atom. The first kappa shape index (κ1) is 12.2. The van der Waals surface area contributed by atoms with Gasteiger partial charge in [0.2, 0.25) is 0 Å². The predicted octanol–water partition coefficient (Wildman–Crippen LogP) is 3.75. The average molecular weight is 183 g/mol. The summed E-state index contributed by atoms with van der Waals surface area (Å²) in [6.45, 7) is 3.69. The number of nitrogens with zero attached hydrogens (tertiary/aromatic N) is 1. The van der Waals surface area contributed by atoms with Gasteiger partial charge in [-0.1, -0.05) is 31.8 Å². The van der Waals surface area contributed by atoms with Crippen LogP contribution >= 0.6 is 0 Å². The molecule has 0 spiro atoms. The minimum absolute atomic E-state index is 0.906. The van der Waals surface area contributed by atoms with Crippen LogP contribution in [0.5, 0.6) is 0 Å². The van der Waals surface area contributed by atoms with Gasteiger partial charge in [0.15, 0.2) is 0 Å². The Hall–Kier alpha value is -0.790. The Labute approximate surface area is 81.3 Å². The molecule has 0 amide bonds. The second kappa shape index (κ2) is 11.2. The van der Waals surface area contributed by atoms with Gasteiger partial charge in [-0.25, -0.2) is 0 Å². The standard InChI is InChI=1S/C11H21NO/c1-2-3-4-5-6-7-8-9-10-11-12-13/h2,11,13H,1,3-10H2. The maximum Gasteiger partial charge on any atom is 0.0435 e. The van der Waals surface area contributed by atoms with Gasteiger partial charge >= 0.3 is 0 Å². The molecule has 0 fully saturated rings. The quantitative estimate of drug-likeness (QED) is 0.191. The summed E-state index contributed by atoms with van der Waals surface area (Å²) < 4.78 is 0. The molecular formula is C11H21NO. The Morgan fingerprint density at radius 3 is 2.00 bits per heavy atom. The lowest BCUT2D eigenvalue weighted by atomic mass is 10.1. The summed E-state index contributed by atoms with van der Waals surface area (Å²) in [4.78, 5) is 0. The van der Waals surface area contributed by atoms with E-state index in [0.29, 0.717) is 0 Å². The lowest BCUT2D eigenvalue weighted by Gasteiger charge is -1.98. The van der Waals surface area contributed by atoms with E-state index >= 15 is 0 Å². The smallest absolute Gasteiger partial charge is 0.0435 e. The van der Waals surface area contributed by atoms with Crippen LogP contribution in [-0.4, -0.2) is 11.4 Å². The number of unbranched alkanes of at least 4 members (excludes halogenated alkanes) is 7. The van der Waals surface area contributed by atoms with Gasteiger partial charge in [0.25, 0.3) is 0 Å². The van der Waals surface area contributed by atoms with Crippen LogP contribution in [0.3, 0.4) is 0 Å². The lowest BCUT2D eigenvalue weighted by Crippen LogP contribution is -1.81. The zero-order valence-corrected chi connectivity index (χ0v) is 8.41. The van der Waals surface area contributed by atoms with Gasteiger partial charge in [0.1, 0.15) is 0 Å². The van der Waals surface area contributed by atoms with Crippen LogP contribution in [0.1, 0.15) is 51.4 Å². The van der Waals surface area contributed by atoms with Crippen LogP contribution in [0.4, 0.5) is 0 Å². The number of allylic oxidation sites excluding steroid dienone is 1. The van der Waals surface area contributed by atoms with Gasteiger partial charge in [0, 0.05) is 6.21 Å². The highest BCUT2D eigenvalue weighted by atomic mass is 16.4. The van der Waals surface area contributed by atoms with Crippen molar-refractivity contribution in [3.63, 3.8) is 0 Å². The van der Waals surface area contributed by atoms with E-state index in [-0.39, 0.29) is 0 Å². The fraction of sp³-hybridized carbons (Fsp3) is 0.727. The summed E-state index contributed by atoms with van der Waals surface area (Å²) in [6, 6.07) is 0. The highest BCUT2D eigenvalue weighted by Crippen LogP contribution is 2.07. The van der Waals surface area contributed by atoms with E-state index in [0.717, 1.165) is 19.3 Å². The third kappa shape index (κ3) is 11.2. The summed E-state index contributed by atoms with van der Waals surface area (Å²) in [5.41, 5.74) is 0. The van der Waals surface area contributed by atoms with Crippen LogP contribution in [0.2, 0.25) is 0 Å². The van der Waals surface area contributed by atoms with Crippen molar-refractivity contribution >= 4 is 6.21 Å². The Kier molecular flexibility index (Phi) is 10.5. The van der Waals surface area contributed by atoms with Gasteiger partial charge in [-0.3, -0.25) is 0 Å². The minimum Gasteiger partial charge on any atom is -0.411 e. The number of hydrogen-bond acceptors (Lipinski definition) is 2. The third-order valence-corrected chi connectivity index (χ3v) is 2.07. The molecule has 2 heteroatoms. The first-order valence-corrected chi connectivity index (χ1v) is 5.18. The molecule has 0 bridgehead atoms. The molecule has 0 radical (unpaired) electrons. The van der Waals surface area contributed by atoms with Crippen molar-refractivity contribution in [3.8, 4) is 0 Å². The molecule has 0 aromatic carbocycles. The molecule has 0 aliphatic heterocycles. The maximum atomic E-state index is 8.13.